The van der Waals surface area contributed by atoms with Crippen LogP contribution in [0.15, 0.2) is 24.3 Å². The van der Waals surface area contributed by atoms with E-state index in [2.05, 4.69) is 5.32 Å². The van der Waals surface area contributed by atoms with Gasteiger partial charge in [0.2, 0.25) is 11.8 Å². The highest BCUT2D eigenvalue weighted by molar-refractivity contribution is 6.22. The second kappa shape index (κ2) is 4.78. The molecule has 1 heterocycles. The van der Waals surface area contributed by atoms with Gasteiger partial charge in [0.15, 0.2) is 0 Å². The largest absolute Gasteiger partial charge is 0.316 e. The molecule has 4 heteroatoms. The second-order valence-corrected chi connectivity index (χ2v) is 5.31. The number of carbonyl (C=O) groups excluding carboxylic acids is 2. The summed E-state index contributed by atoms with van der Waals surface area (Å²) in [5.41, 5.74) is 1.74. The van der Waals surface area contributed by atoms with Gasteiger partial charge in [0, 0.05) is 6.54 Å². The molecule has 19 heavy (non-hydrogen) atoms. The lowest BCUT2D eigenvalue weighted by Crippen LogP contribution is -2.32. The van der Waals surface area contributed by atoms with Crippen molar-refractivity contribution in [2.45, 2.75) is 25.8 Å². The van der Waals surface area contributed by atoms with Crippen molar-refractivity contribution in [3.05, 3.63) is 29.8 Å². The number of nitrogens with one attached hydrogen (secondary N) is 1. The molecule has 1 aromatic rings. The lowest BCUT2D eigenvalue weighted by molar-refractivity contribution is -0.122. The van der Waals surface area contributed by atoms with E-state index in [0.717, 1.165) is 30.5 Å². The first-order valence-corrected chi connectivity index (χ1v) is 6.84. The highest BCUT2D eigenvalue weighted by Crippen LogP contribution is 2.42. The van der Waals surface area contributed by atoms with E-state index in [4.69, 9.17) is 0 Å². The van der Waals surface area contributed by atoms with Gasteiger partial charge in [0.05, 0.1) is 17.5 Å². The van der Waals surface area contributed by atoms with Gasteiger partial charge in [-0.2, -0.15) is 0 Å². The first-order valence-electron chi connectivity index (χ1n) is 6.84. The van der Waals surface area contributed by atoms with Gasteiger partial charge in [-0.1, -0.05) is 24.6 Å². The van der Waals surface area contributed by atoms with Crippen molar-refractivity contribution in [1.29, 1.82) is 0 Å². The molecule has 2 aliphatic rings. The standard InChI is InChI=1S/C15H18N2O2/c1-16-9-10-5-2-3-8-13(10)17-14(18)11-6-4-7-12(11)15(17)19/h2-3,5,8,11-12,16H,4,6-7,9H2,1H3. The number of carbonyl (C=O) groups is 2. The lowest BCUT2D eigenvalue weighted by Gasteiger charge is -2.19. The third-order valence-electron chi connectivity index (χ3n) is 4.19. The molecule has 1 aromatic carbocycles. The second-order valence-electron chi connectivity index (χ2n) is 5.31. The van der Waals surface area contributed by atoms with Gasteiger partial charge in [-0.15, -0.1) is 0 Å². The normalized spacial score (nSPS) is 26.1. The van der Waals surface area contributed by atoms with Crippen LogP contribution in [0.25, 0.3) is 0 Å². The lowest BCUT2D eigenvalue weighted by atomic mass is 10.00. The summed E-state index contributed by atoms with van der Waals surface area (Å²) in [6, 6.07) is 7.63. The summed E-state index contributed by atoms with van der Waals surface area (Å²) in [4.78, 5) is 26.3. The van der Waals surface area contributed by atoms with E-state index >= 15 is 0 Å². The molecule has 0 aromatic heterocycles. The summed E-state index contributed by atoms with van der Waals surface area (Å²) in [5, 5.41) is 3.08. The Hall–Kier alpha value is -1.68. The third-order valence-corrected chi connectivity index (χ3v) is 4.19. The smallest absolute Gasteiger partial charge is 0.237 e. The maximum atomic E-state index is 12.4. The first kappa shape index (κ1) is 12.4. The van der Waals surface area contributed by atoms with Gasteiger partial charge in [0.1, 0.15) is 0 Å². The van der Waals surface area contributed by atoms with Crippen LogP contribution in [-0.4, -0.2) is 18.9 Å². The molecule has 100 valence electrons. The topological polar surface area (TPSA) is 49.4 Å². The number of para-hydroxylation sites is 1. The van der Waals surface area contributed by atoms with Crippen molar-refractivity contribution >= 4 is 17.5 Å². The molecule has 2 fully saturated rings. The zero-order valence-corrected chi connectivity index (χ0v) is 11.1. The van der Waals surface area contributed by atoms with Crippen molar-refractivity contribution in [3.63, 3.8) is 0 Å². The summed E-state index contributed by atoms with van der Waals surface area (Å²) in [6.07, 6.45) is 2.72. The predicted molar refractivity (Wildman–Crippen MR) is 72.5 cm³/mol. The van der Waals surface area contributed by atoms with Crippen LogP contribution in [0.2, 0.25) is 0 Å². The van der Waals surface area contributed by atoms with Gasteiger partial charge < -0.3 is 5.32 Å². The number of hydrogen-bond acceptors (Lipinski definition) is 3. The molecule has 2 atom stereocenters. The van der Waals surface area contributed by atoms with Crippen molar-refractivity contribution in [1.82, 2.24) is 5.32 Å². The molecule has 3 rings (SSSR count). The van der Waals surface area contributed by atoms with Crippen LogP contribution < -0.4 is 10.2 Å². The molecular formula is C15H18N2O2. The fourth-order valence-corrected chi connectivity index (χ4v) is 3.30. The minimum absolute atomic E-state index is 0.00365. The Kier molecular flexibility index (Phi) is 3.11. The molecule has 1 N–H and O–H groups in total. The Balaban J connectivity index is 1.98. The quantitative estimate of drug-likeness (QED) is 0.839. The number of imide groups is 1. The summed E-state index contributed by atoms with van der Waals surface area (Å²) >= 11 is 0. The van der Waals surface area contributed by atoms with E-state index < -0.39 is 0 Å². The van der Waals surface area contributed by atoms with E-state index in [1.54, 1.807) is 0 Å². The number of anilines is 1. The maximum Gasteiger partial charge on any atom is 0.237 e. The van der Waals surface area contributed by atoms with E-state index in [1.165, 1.54) is 4.90 Å². The van der Waals surface area contributed by atoms with Gasteiger partial charge in [0.25, 0.3) is 0 Å². The average Bonchev–Trinajstić information content (AvgIpc) is 2.97. The number of rotatable bonds is 3. The van der Waals surface area contributed by atoms with Crippen molar-refractivity contribution in [3.8, 4) is 0 Å². The molecule has 4 nitrogen and oxygen atoms in total. The average molecular weight is 258 g/mol. The summed E-state index contributed by atoms with van der Waals surface area (Å²) in [6.45, 7) is 0.655. The zero-order valence-electron chi connectivity index (χ0n) is 11.1. The van der Waals surface area contributed by atoms with Gasteiger partial charge >= 0.3 is 0 Å². The Morgan fingerprint density at radius 3 is 2.42 bits per heavy atom. The molecule has 0 spiro atoms. The number of fused-ring (bicyclic) bond motifs is 1. The molecule has 1 saturated carbocycles. The van der Waals surface area contributed by atoms with E-state index in [9.17, 15) is 9.59 Å². The molecule has 1 aliphatic heterocycles. The van der Waals surface area contributed by atoms with Gasteiger partial charge in [-0.25, -0.2) is 4.90 Å². The monoisotopic (exact) mass is 258 g/mol. The summed E-state index contributed by atoms with van der Waals surface area (Å²) < 4.78 is 0. The fraction of sp³-hybridized carbons (Fsp3) is 0.467. The van der Waals surface area contributed by atoms with Crippen LogP contribution in [0.3, 0.4) is 0 Å². The minimum Gasteiger partial charge on any atom is -0.316 e. The Labute approximate surface area is 112 Å². The molecule has 2 amide bonds. The Bertz CT molecular complexity index is 505. The molecule has 0 radical (unpaired) electrons. The van der Waals surface area contributed by atoms with Crippen LogP contribution in [0, 0.1) is 11.8 Å². The number of amides is 2. The first-order chi connectivity index (χ1) is 9.24. The highest BCUT2D eigenvalue weighted by atomic mass is 16.2. The van der Waals surface area contributed by atoms with Gasteiger partial charge in [-0.05, 0) is 31.5 Å². The number of hydrogen-bond donors (Lipinski definition) is 1. The van der Waals surface area contributed by atoms with Crippen LogP contribution >= 0.6 is 0 Å². The molecule has 1 saturated heterocycles. The van der Waals surface area contributed by atoms with Crippen molar-refractivity contribution < 1.29 is 9.59 Å². The van der Waals surface area contributed by atoms with Crippen LogP contribution in [0.1, 0.15) is 24.8 Å². The van der Waals surface area contributed by atoms with Crippen LogP contribution in [-0.2, 0) is 16.1 Å². The van der Waals surface area contributed by atoms with Crippen molar-refractivity contribution in [2.75, 3.05) is 11.9 Å². The minimum atomic E-state index is -0.0739. The fourth-order valence-electron chi connectivity index (χ4n) is 3.30. The van der Waals surface area contributed by atoms with Crippen molar-refractivity contribution in [2.24, 2.45) is 11.8 Å². The number of benzene rings is 1. The Morgan fingerprint density at radius 2 is 1.79 bits per heavy atom. The molecular weight excluding hydrogens is 240 g/mol. The van der Waals surface area contributed by atoms with E-state index in [0.29, 0.717) is 6.54 Å². The number of nitrogens with zero attached hydrogens (tertiary/aromatic N) is 1. The molecule has 0 bridgehead atoms. The summed E-state index contributed by atoms with van der Waals surface area (Å²) in [7, 11) is 1.86. The third kappa shape index (κ3) is 1.87. The van der Waals surface area contributed by atoms with E-state index in [1.807, 2.05) is 31.3 Å². The van der Waals surface area contributed by atoms with Gasteiger partial charge in [-0.3, -0.25) is 9.59 Å². The summed E-state index contributed by atoms with van der Waals surface area (Å²) in [5.74, 6) is -0.155. The van der Waals surface area contributed by atoms with Crippen LogP contribution in [0.4, 0.5) is 5.69 Å². The molecule has 2 unspecified atom stereocenters. The van der Waals surface area contributed by atoms with E-state index in [-0.39, 0.29) is 23.7 Å². The Morgan fingerprint density at radius 1 is 1.16 bits per heavy atom. The molecule has 1 aliphatic carbocycles. The SMILES string of the molecule is CNCc1ccccc1N1C(=O)C2CCCC2C1=O. The predicted octanol–water partition coefficient (Wildman–Crippen LogP) is 1.70. The highest BCUT2D eigenvalue weighted by Gasteiger charge is 2.50. The van der Waals surface area contributed by atoms with Crippen LogP contribution in [0.5, 0.6) is 0 Å². The maximum absolute atomic E-state index is 12.4. The zero-order chi connectivity index (χ0) is 13.4.